The Balaban J connectivity index is 2.09. The number of thiazole rings is 1. The Morgan fingerprint density at radius 3 is 2.71 bits per heavy atom. The highest BCUT2D eigenvalue weighted by atomic mass is 32.1. The molecule has 0 amide bonds. The Labute approximate surface area is 126 Å². The van der Waals surface area contributed by atoms with Crippen molar-refractivity contribution in [2.24, 2.45) is 7.05 Å². The van der Waals surface area contributed by atoms with E-state index in [2.05, 4.69) is 25.4 Å². The Morgan fingerprint density at radius 1 is 1.24 bits per heavy atom. The largest absolute Gasteiger partial charge is 0.370 e. The molecule has 21 heavy (non-hydrogen) atoms. The van der Waals surface area contributed by atoms with Crippen LogP contribution in [0.2, 0.25) is 0 Å². The zero-order valence-corrected chi connectivity index (χ0v) is 13.0. The van der Waals surface area contributed by atoms with Crippen molar-refractivity contribution in [3.8, 4) is 22.8 Å². The van der Waals surface area contributed by atoms with Gasteiger partial charge in [0.25, 0.3) is 0 Å². The van der Waals surface area contributed by atoms with E-state index in [1.54, 1.807) is 22.2 Å². The van der Waals surface area contributed by atoms with Crippen LogP contribution in [0.15, 0.2) is 23.8 Å². The summed E-state index contributed by atoms with van der Waals surface area (Å²) in [7, 11) is 1.89. The SMILES string of the molecule is CCNc1cc(-c2cnn(C)c2)nc(-c2csc(C)n2)n1. The van der Waals surface area contributed by atoms with Crippen LogP contribution in [-0.4, -0.2) is 31.3 Å². The first-order valence-electron chi connectivity index (χ1n) is 6.70. The summed E-state index contributed by atoms with van der Waals surface area (Å²) in [5.74, 6) is 1.43. The molecule has 3 rings (SSSR count). The maximum atomic E-state index is 4.62. The summed E-state index contributed by atoms with van der Waals surface area (Å²) in [6, 6.07) is 1.93. The number of nitrogens with one attached hydrogen (secondary N) is 1. The van der Waals surface area contributed by atoms with E-state index >= 15 is 0 Å². The lowest BCUT2D eigenvalue weighted by atomic mass is 10.2. The molecular weight excluding hydrogens is 284 g/mol. The third-order valence-corrected chi connectivity index (χ3v) is 3.71. The summed E-state index contributed by atoms with van der Waals surface area (Å²) in [6.07, 6.45) is 3.74. The molecule has 6 nitrogen and oxygen atoms in total. The molecule has 0 saturated heterocycles. The van der Waals surface area contributed by atoms with Crippen molar-refractivity contribution >= 4 is 17.2 Å². The topological polar surface area (TPSA) is 68.5 Å². The first-order valence-corrected chi connectivity index (χ1v) is 7.58. The van der Waals surface area contributed by atoms with Gasteiger partial charge in [0.2, 0.25) is 0 Å². The normalized spacial score (nSPS) is 10.8. The van der Waals surface area contributed by atoms with E-state index in [0.29, 0.717) is 5.82 Å². The van der Waals surface area contributed by atoms with Gasteiger partial charge in [0.05, 0.1) is 16.9 Å². The van der Waals surface area contributed by atoms with Gasteiger partial charge in [0, 0.05) is 36.8 Å². The van der Waals surface area contributed by atoms with Crippen molar-refractivity contribution in [3.05, 3.63) is 28.8 Å². The lowest BCUT2D eigenvalue weighted by Crippen LogP contribution is -2.02. The van der Waals surface area contributed by atoms with Crippen LogP contribution < -0.4 is 5.32 Å². The van der Waals surface area contributed by atoms with Crippen LogP contribution >= 0.6 is 11.3 Å². The molecule has 0 aliphatic heterocycles. The molecule has 0 atom stereocenters. The van der Waals surface area contributed by atoms with E-state index in [1.165, 1.54) is 0 Å². The maximum Gasteiger partial charge on any atom is 0.181 e. The minimum atomic E-state index is 0.636. The van der Waals surface area contributed by atoms with Gasteiger partial charge >= 0.3 is 0 Å². The summed E-state index contributed by atoms with van der Waals surface area (Å²) in [5.41, 5.74) is 2.62. The van der Waals surface area contributed by atoms with Crippen molar-refractivity contribution in [3.63, 3.8) is 0 Å². The molecule has 3 aromatic rings. The molecule has 0 unspecified atom stereocenters. The average molecular weight is 300 g/mol. The Morgan fingerprint density at radius 2 is 2.10 bits per heavy atom. The number of aromatic nitrogens is 5. The fraction of sp³-hybridized carbons (Fsp3) is 0.286. The molecule has 0 aliphatic rings. The number of nitrogens with zero attached hydrogens (tertiary/aromatic N) is 5. The molecule has 0 aliphatic carbocycles. The van der Waals surface area contributed by atoms with Crippen LogP contribution in [0, 0.1) is 6.92 Å². The van der Waals surface area contributed by atoms with Gasteiger partial charge in [-0.25, -0.2) is 15.0 Å². The zero-order valence-electron chi connectivity index (χ0n) is 12.2. The molecule has 0 spiro atoms. The highest BCUT2D eigenvalue weighted by Crippen LogP contribution is 2.24. The van der Waals surface area contributed by atoms with Crippen LogP contribution in [0.3, 0.4) is 0 Å². The first kappa shape index (κ1) is 13.7. The van der Waals surface area contributed by atoms with Crippen LogP contribution in [0.1, 0.15) is 11.9 Å². The lowest BCUT2D eigenvalue weighted by Gasteiger charge is -2.06. The standard InChI is InChI=1S/C14H16N6S/c1-4-15-13-5-11(10-6-16-20(3)7-10)18-14(19-13)12-8-21-9(2)17-12/h5-8H,4H2,1-3H3,(H,15,18,19). The highest BCUT2D eigenvalue weighted by molar-refractivity contribution is 7.09. The fourth-order valence-electron chi connectivity index (χ4n) is 2.00. The summed E-state index contributed by atoms with van der Waals surface area (Å²) in [5, 5.41) is 10.4. The molecule has 108 valence electrons. The van der Waals surface area contributed by atoms with Gasteiger partial charge in [0.15, 0.2) is 5.82 Å². The first-order chi connectivity index (χ1) is 10.2. The van der Waals surface area contributed by atoms with Crippen molar-refractivity contribution < 1.29 is 0 Å². The van der Waals surface area contributed by atoms with Gasteiger partial charge in [-0.1, -0.05) is 0 Å². The van der Waals surface area contributed by atoms with Gasteiger partial charge in [0.1, 0.15) is 11.5 Å². The summed E-state index contributed by atoms with van der Waals surface area (Å²) in [4.78, 5) is 13.6. The number of anilines is 1. The lowest BCUT2D eigenvalue weighted by molar-refractivity contribution is 0.768. The van der Waals surface area contributed by atoms with Crippen molar-refractivity contribution in [1.29, 1.82) is 0 Å². The van der Waals surface area contributed by atoms with E-state index in [4.69, 9.17) is 0 Å². The van der Waals surface area contributed by atoms with Crippen molar-refractivity contribution in [2.75, 3.05) is 11.9 Å². The summed E-state index contributed by atoms with van der Waals surface area (Å²) in [6.45, 7) is 4.82. The van der Waals surface area contributed by atoms with E-state index in [0.717, 1.165) is 34.3 Å². The monoisotopic (exact) mass is 300 g/mol. The molecule has 0 saturated carbocycles. The number of aryl methyl sites for hydroxylation is 2. The van der Waals surface area contributed by atoms with E-state index in [9.17, 15) is 0 Å². The molecule has 0 radical (unpaired) electrons. The fourth-order valence-corrected chi connectivity index (χ4v) is 2.59. The minimum Gasteiger partial charge on any atom is -0.370 e. The smallest absolute Gasteiger partial charge is 0.181 e. The molecule has 3 heterocycles. The van der Waals surface area contributed by atoms with Crippen LogP contribution in [0.4, 0.5) is 5.82 Å². The highest BCUT2D eigenvalue weighted by Gasteiger charge is 2.11. The molecular formula is C14H16N6S. The quantitative estimate of drug-likeness (QED) is 0.802. The molecule has 0 bridgehead atoms. The van der Waals surface area contributed by atoms with Crippen molar-refractivity contribution in [2.45, 2.75) is 13.8 Å². The maximum absolute atomic E-state index is 4.62. The van der Waals surface area contributed by atoms with Gasteiger partial charge in [-0.05, 0) is 13.8 Å². The predicted octanol–water partition coefficient (Wildman–Crippen LogP) is 2.74. The van der Waals surface area contributed by atoms with E-state index in [-0.39, 0.29) is 0 Å². The van der Waals surface area contributed by atoms with Crippen molar-refractivity contribution in [1.82, 2.24) is 24.7 Å². The van der Waals surface area contributed by atoms with Crippen LogP contribution in [0.25, 0.3) is 22.8 Å². The molecule has 3 aromatic heterocycles. The van der Waals surface area contributed by atoms with Gasteiger partial charge < -0.3 is 5.32 Å². The number of hydrogen-bond donors (Lipinski definition) is 1. The summed E-state index contributed by atoms with van der Waals surface area (Å²) >= 11 is 1.60. The molecule has 1 N–H and O–H groups in total. The summed E-state index contributed by atoms with van der Waals surface area (Å²) < 4.78 is 1.76. The molecule has 7 heteroatoms. The second-order valence-corrected chi connectivity index (χ2v) is 5.71. The average Bonchev–Trinajstić information content (AvgIpc) is 3.08. The Hall–Kier alpha value is -2.28. The van der Waals surface area contributed by atoms with Gasteiger partial charge in [-0.15, -0.1) is 11.3 Å². The Kier molecular flexibility index (Phi) is 3.66. The van der Waals surface area contributed by atoms with E-state index in [1.807, 2.05) is 38.5 Å². The zero-order chi connectivity index (χ0) is 14.8. The third kappa shape index (κ3) is 2.92. The third-order valence-electron chi connectivity index (χ3n) is 2.93. The van der Waals surface area contributed by atoms with Crippen LogP contribution in [-0.2, 0) is 7.05 Å². The van der Waals surface area contributed by atoms with Crippen LogP contribution in [0.5, 0.6) is 0 Å². The predicted molar refractivity (Wildman–Crippen MR) is 84.2 cm³/mol. The van der Waals surface area contributed by atoms with Gasteiger partial charge in [-0.2, -0.15) is 5.10 Å². The minimum absolute atomic E-state index is 0.636. The van der Waals surface area contributed by atoms with E-state index < -0.39 is 0 Å². The number of rotatable bonds is 4. The van der Waals surface area contributed by atoms with Gasteiger partial charge in [-0.3, -0.25) is 4.68 Å². The number of hydrogen-bond acceptors (Lipinski definition) is 6. The second-order valence-electron chi connectivity index (χ2n) is 4.65. The molecule has 0 fully saturated rings. The Bertz CT molecular complexity index is 702. The molecule has 0 aromatic carbocycles. The second kappa shape index (κ2) is 5.61.